The van der Waals surface area contributed by atoms with Gasteiger partial charge in [0, 0.05) is 31.5 Å². The monoisotopic (exact) mass is 688 g/mol. The zero-order chi connectivity index (χ0) is 36.0. The SMILES string of the molecule is CN1C(=O)[C@H](CCCNC(=O)OC(C)(C)C)NC(=O)[C@@H](NC(=O)OC(C)(C)C)Cc2cc(ccc2O)-c2ccc(Cl)c(c2)CC1C(=O)O. The van der Waals surface area contributed by atoms with Crippen molar-refractivity contribution in [3.8, 4) is 16.9 Å². The predicted molar refractivity (Wildman–Crippen MR) is 179 cm³/mol. The fourth-order valence-corrected chi connectivity index (χ4v) is 5.25. The highest BCUT2D eigenvalue weighted by molar-refractivity contribution is 6.31. The maximum Gasteiger partial charge on any atom is 0.408 e. The number of carbonyl (C=O) groups excluding carboxylic acids is 4. The number of alkyl carbamates (subject to hydrolysis) is 2. The number of phenolic OH excluding ortho intramolecular Hbond substituents is 1. The van der Waals surface area contributed by atoms with E-state index in [4.69, 9.17) is 21.1 Å². The molecule has 1 unspecified atom stereocenters. The summed E-state index contributed by atoms with van der Waals surface area (Å²) in [7, 11) is 1.33. The number of ether oxygens (including phenoxy) is 2. The molecule has 3 atom stereocenters. The van der Waals surface area contributed by atoms with E-state index in [9.17, 15) is 34.2 Å². The van der Waals surface area contributed by atoms with Gasteiger partial charge in [-0.1, -0.05) is 23.7 Å². The minimum Gasteiger partial charge on any atom is -0.508 e. The third-order valence-electron chi connectivity index (χ3n) is 7.36. The highest BCUT2D eigenvalue weighted by Crippen LogP contribution is 2.31. The lowest BCUT2D eigenvalue weighted by molar-refractivity contribution is -0.150. The molecule has 0 saturated carbocycles. The molecule has 0 fully saturated rings. The predicted octanol–water partition coefficient (Wildman–Crippen LogP) is 4.41. The van der Waals surface area contributed by atoms with Crippen LogP contribution in [0, 0.1) is 0 Å². The number of benzene rings is 2. The summed E-state index contributed by atoms with van der Waals surface area (Å²) < 4.78 is 10.6. The number of nitrogens with zero attached hydrogens (tertiary/aromatic N) is 1. The Morgan fingerprint density at radius 3 is 2.12 bits per heavy atom. The average molecular weight is 689 g/mol. The summed E-state index contributed by atoms with van der Waals surface area (Å²) in [5.74, 6) is -2.91. The van der Waals surface area contributed by atoms with Gasteiger partial charge < -0.3 is 40.5 Å². The number of likely N-dealkylation sites (N-methyl/N-ethyl adjacent to an activating group) is 1. The molecular weight excluding hydrogens is 644 g/mol. The second kappa shape index (κ2) is 15.6. The van der Waals surface area contributed by atoms with Gasteiger partial charge >= 0.3 is 18.2 Å². The molecule has 0 saturated heterocycles. The fourth-order valence-electron chi connectivity index (χ4n) is 5.06. The van der Waals surface area contributed by atoms with Gasteiger partial charge in [-0.15, -0.1) is 0 Å². The van der Waals surface area contributed by atoms with Crippen LogP contribution in [0.4, 0.5) is 9.59 Å². The average Bonchev–Trinajstić information content (AvgIpc) is 2.95. The first-order valence-electron chi connectivity index (χ1n) is 15.6. The van der Waals surface area contributed by atoms with Gasteiger partial charge in [0.25, 0.3) is 0 Å². The molecule has 0 radical (unpaired) electrons. The summed E-state index contributed by atoms with van der Waals surface area (Å²) in [6.45, 7) is 10.2. The summed E-state index contributed by atoms with van der Waals surface area (Å²) >= 11 is 6.49. The van der Waals surface area contributed by atoms with Crippen molar-refractivity contribution in [1.29, 1.82) is 0 Å². The summed E-state index contributed by atoms with van der Waals surface area (Å²) in [6, 6.07) is 5.90. The second-order valence-corrected chi connectivity index (χ2v) is 14.1. The molecule has 1 aliphatic heterocycles. The number of fused-ring (bicyclic) bond motifs is 5. The van der Waals surface area contributed by atoms with Crippen molar-refractivity contribution in [2.45, 2.75) is 96.6 Å². The Morgan fingerprint density at radius 1 is 0.938 bits per heavy atom. The van der Waals surface area contributed by atoms with Gasteiger partial charge in [-0.3, -0.25) is 9.59 Å². The summed E-state index contributed by atoms with van der Waals surface area (Å²) in [4.78, 5) is 66.4. The Hall–Kier alpha value is -4.52. The minimum absolute atomic E-state index is 0.00676. The zero-order valence-electron chi connectivity index (χ0n) is 28.3. The van der Waals surface area contributed by atoms with E-state index in [1.165, 1.54) is 13.1 Å². The summed E-state index contributed by atoms with van der Waals surface area (Å²) in [5.41, 5.74) is 0.471. The first-order valence-corrected chi connectivity index (χ1v) is 16.0. The molecule has 262 valence electrons. The molecule has 1 heterocycles. The topological polar surface area (TPSA) is 184 Å². The molecule has 13 nitrogen and oxygen atoms in total. The van der Waals surface area contributed by atoms with E-state index in [0.717, 1.165) is 4.90 Å². The standard InChI is InChI=1S/C34H45ClN4O9/c1-33(2,3)47-31(45)36-14-8-9-24-29(42)39(7)26(30(43)44)18-21-15-19(10-12-23(21)35)20-11-13-27(40)22(16-20)17-25(28(41)37-24)38-32(46)48-34(4,5)6/h10-13,15-16,24-26,40H,8-9,14,17-18H2,1-7H3,(H,36,45)(H,37,41)(H,38,46)(H,43,44)/t24-,25-,26?/m0/s1. The van der Waals surface area contributed by atoms with Crippen LogP contribution in [0.3, 0.4) is 0 Å². The van der Waals surface area contributed by atoms with Crippen LogP contribution in [-0.2, 0) is 36.7 Å². The van der Waals surface area contributed by atoms with E-state index in [-0.39, 0.29) is 38.0 Å². The Bertz CT molecular complexity index is 1530. The number of phenols is 1. The first-order chi connectivity index (χ1) is 22.2. The van der Waals surface area contributed by atoms with E-state index in [1.807, 2.05) is 0 Å². The summed E-state index contributed by atoms with van der Waals surface area (Å²) in [5, 5.41) is 29.1. The Kier molecular flexibility index (Phi) is 12.3. The Morgan fingerprint density at radius 2 is 1.52 bits per heavy atom. The fraction of sp³-hybridized carbons (Fsp3) is 0.500. The number of carboxylic acids is 1. The molecule has 4 bridgehead atoms. The van der Waals surface area contributed by atoms with E-state index in [2.05, 4.69) is 16.0 Å². The third kappa shape index (κ3) is 11.0. The lowest BCUT2D eigenvalue weighted by Crippen LogP contribution is -2.57. The van der Waals surface area contributed by atoms with E-state index in [1.54, 1.807) is 71.9 Å². The molecule has 48 heavy (non-hydrogen) atoms. The zero-order valence-corrected chi connectivity index (χ0v) is 29.1. The second-order valence-electron chi connectivity index (χ2n) is 13.7. The number of carboxylic acid groups (broad SMARTS) is 1. The molecule has 4 amide bonds. The van der Waals surface area contributed by atoms with Crippen molar-refractivity contribution in [2.24, 2.45) is 0 Å². The molecule has 5 N–H and O–H groups in total. The van der Waals surface area contributed by atoms with E-state index in [0.29, 0.717) is 27.3 Å². The van der Waals surface area contributed by atoms with Gasteiger partial charge in [0.2, 0.25) is 11.8 Å². The number of amides is 4. The Labute approximate surface area is 285 Å². The van der Waals surface area contributed by atoms with Gasteiger partial charge in [-0.2, -0.15) is 0 Å². The number of hydrogen-bond donors (Lipinski definition) is 5. The van der Waals surface area contributed by atoms with Crippen LogP contribution < -0.4 is 16.0 Å². The number of aromatic hydroxyl groups is 1. The molecule has 0 aliphatic carbocycles. The quantitative estimate of drug-likeness (QED) is 0.275. The maximum atomic E-state index is 13.9. The largest absolute Gasteiger partial charge is 0.508 e. The van der Waals surface area contributed by atoms with Gasteiger partial charge in [0.1, 0.15) is 35.1 Å². The first kappa shape index (κ1) is 37.9. The molecule has 14 heteroatoms. The smallest absolute Gasteiger partial charge is 0.408 e. The lowest BCUT2D eigenvalue weighted by atomic mass is 9.95. The van der Waals surface area contributed by atoms with Crippen LogP contribution in [0.15, 0.2) is 36.4 Å². The molecule has 1 aliphatic rings. The molecular formula is C34H45ClN4O9. The van der Waals surface area contributed by atoms with Crippen molar-refractivity contribution >= 4 is 41.6 Å². The van der Waals surface area contributed by atoms with Crippen LogP contribution in [0.2, 0.25) is 5.02 Å². The van der Waals surface area contributed by atoms with Gasteiger partial charge in [0.05, 0.1) is 0 Å². The number of rotatable bonds is 6. The molecule has 0 aromatic heterocycles. The number of carbonyl (C=O) groups is 5. The van der Waals surface area contributed by atoms with Crippen molar-refractivity contribution in [2.75, 3.05) is 13.6 Å². The van der Waals surface area contributed by atoms with Crippen molar-refractivity contribution < 1.29 is 43.7 Å². The van der Waals surface area contributed by atoms with Crippen molar-refractivity contribution in [3.63, 3.8) is 0 Å². The normalized spacial score (nSPS) is 18.9. The highest BCUT2D eigenvalue weighted by Gasteiger charge is 2.35. The van der Waals surface area contributed by atoms with Crippen LogP contribution in [-0.4, -0.2) is 88.0 Å². The third-order valence-corrected chi connectivity index (χ3v) is 7.72. The van der Waals surface area contributed by atoms with Gasteiger partial charge in [-0.25, -0.2) is 14.4 Å². The molecule has 2 aromatic rings. The van der Waals surface area contributed by atoms with Gasteiger partial charge in [-0.05, 0) is 101 Å². The highest BCUT2D eigenvalue weighted by atomic mass is 35.5. The van der Waals surface area contributed by atoms with Crippen molar-refractivity contribution in [3.05, 3.63) is 52.5 Å². The van der Waals surface area contributed by atoms with E-state index >= 15 is 0 Å². The van der Waals surface area contributed by atoms with Crippen LogP contribution in [0.25, 0.3) is 11.1 Å². The molecule has 0 spiro atoms. The lowest BCUT2D eigenvalue weighted by Gasteiger charge is -2.31. The minimum atomic E-state index is -1.36. The number of nitrogens with one attached hydrogen (secondary N) is 3. The van der Waals surface area contributed by atoms with Gasteiger partial charge in [0.15, 0.2) is 0 Å². The number of hydrogen-bond acceptors (Lipinski definition) is 8. The molecule has 3 rings (SSSR count). The molecule has 2 aromatic carbocycles. The van der Waals surface area contributed by atoms with Crippen LogP contribution in [0.5, 0.6) is 5.75 Å². The van der Waals surface area contributed by atoms with Crippen LogP contribution >= 0.6 is 11.6 Å². The van der Waals surface area contributed by atoms with Crippen LogP contribution in [0.1, 0.15) is 65.5 Å². The summed E-state index contributed by atoms with van der Waals surface area (Å²) in [6.07, 6.45) is -1.69. The number of halogens is 1. The van der Waals surface area contributed by atoms with Crippen molar-refractivity contribution in [1.82, 2.24) is 20.9 Å². The maximum absolute atomic E-state index is 13.9. The Balaban J connectivity index is 2.06. The van der Waals surface area contributed by atoms with E-state index < -0.39 is 59.3 Å². The number of aliphatic carboxylic acids is 1.